The molecule has 0 radical (unpaired) electrons. The van der Waals surface area contributed by atoms with Crippen LogP contribution in [0.25, 0.3) is 0 Å². The predicted molar refractivity (Wildman–Crippen MR) is 58.9 cm³/mol. The average molecular weight is 183 g/mol. The summed E-state index contributed by atoms with van der Waals surface area (Å²) in [5.74, 6) is 1.01. The van der Waals surface area contributed by atoms with E-state index in [1.54, 1.807) is 0 Å². The molecule has 1 aliphatic rings. The lowest BCUT2D eigenvalue weighted by atomic mass is 9.78. The van der Waals surface area contributed by atoms with Crippen LogP contribution in [0.1, 0.15) is 58.3 Å². The van der Waals surface area contributed by atoms with Gasteiger partial charge in [-0.1, -0.05) is 39.0 Å². The van der Waals surface area contributed by atoms with Gasteiger partial charge < -0.3 is 5.32 Å². The van der Waals surface area contributed by atoms with E-state index in [-0.39, 0.29) is 0 Å². The second-order valence-corrected chi connectivity index (χ2v) is 4.44. The third-order valence-electron chi connectivity index (χ3n) is 3.46. The predicted octanol–water partition coefficient (Wildman–Crippen LogP) is 3.34. The van der Waals surface area contributed by atoms with Crippen LogP contribution in [0.5, 0.6) is 0 Å². The summed E-state index contributed by atoms with van der Waals surface area (Å²) in [6.45, 7) is 2.28. The lowest BCUT2D eigenvalue weighted by molar-refractivity contribution is 0.224. The van der Waals surface area contributed by atoms with Crippen molar-refractivity contribution in [3.63, 3.8) is 0 Å². The molecule has 0 bridgehead atoms. The van der Waals surface area contributed by atoms with Gasteiger partial charge in [-0.25, -0.2) is 0 Å². The summed E-state index contributed by atoms with van der Waals surface area (Å²) in [4.78, 5) is 0. The Bertz CT molecular complexity index is 118. The van der Waals surface area contributed by atoms with Crippen LogP contribution in [-0.2, 0) is 0 Å². The Kier molecular flexibility index (Phi) is 5.45. The minimum Gasteiger partial charge on any atom is -0.317 e. The van der Waals surface area contributed by atoms with E-state index in [4.69, 9.17) is 0 Å². The van der Waals surface area contributed by atoms with Crippen molar-refractivity contribution in [3.05, 3.63) is 0 Å². The second-order valence-electron chi connectivity index (χ2n) is 4.44. The number of hydrogen-bond donors (Lipinski definition) is 1. The molecule has 1 fully saturated rings. The highest BCUT2D eigenvalue weighted by Gasteiger charge is 2.25. The van der Waals surface area contributed by atoms with E-state index in [2.05, 4.69) is 19.3 Å². The molecule has 0 aromatic carbocycles. The summed E-state index contributed by atoms with van der Waals surface area (Å²) in [5, 5.41) is 3.48. The van der Waals surface area contributed by atoms with E-state index in [0.717, 1.165) is 12.0 Å². The van der Waals surface area contributed by atoms with Crippen molar-refractivity contribution in [2.45, 2.75) is 64.3 Å². The monoisotopic (exact) mass is 183 g/mol. The van der Waals surface area contributed by atoms with Gasteiger partial charge in [-0.05, 0) is 32.2 Å². The SMILES string of the molecule is CCCCCCC(NC)C1CCC1. The molecule has 0 heterocycles. The summed E-state index contributed by atoms with van der Waals surface area (Å²) < 4.78 is 0. The molecular formula is C12H25N. The van der Waals surface area contributed by atoms with Gasteiger partial charge in [0.15, 0.2) is 0 Å². The van der Waals surface area contributed by atoms with E-state index in [1.165, 1.54) is 51.4 Å². The Morgan fingerprint density at radius 2 is 2.00 bits per heavy atom. The Hall–Kier alpha value is -0.0400. The van der Waals surface area contributed by atoms with Gasteiger partial charge in [0.05, 0.1) is 0 Å². The van der Waals surface area contributed by atoms with Crippen molar-refractivity contribution < 1.29 is 0 Å². The van der Waals surface area contributed by atoms with E-state index in [1.807, 2.05) is 0 Å². The summed E-state index contributed by atoms with van der Waals surface area (Å²) in [6.07, 6.45) is 11.4. The first kappa shape index (κ1) is 11.0. The minimum atomic E-state index is 0.825. The lowest BCUT2D eigenvalue weighted by Gasteiger charge is -2.33. The molecule has 0 aliphatic heterocycles. The normalized spacial score (nSPS) is 19.8. The van der Waals surface area contributed by atoms with Gasteiger partial charge in [-0.15, -0.1) is 0 Å². The Labute approximate surface area is 83.3 Å². The van der Waals surface area contributed by atoms with Crippen molar-refractivity contribution in [2.24, 2.45) is 5.92 Å². The molecule has 1 heteroatoms. The fraction of sp³-hybridized carbons (Fsp3) is 1.00. The molecule has 13 heavy (non-hydrogen) atoms. The molecular weight excluding hydrogens is 158 g/mol. The molecule has 0 amide bonds. The zero-order chi connectivity index (χ0) is 9.52. The van der Waals surface area contributed by atoms with Crippen molar-refractivity contribution >= 4 is 0 Å². The van der Waals surface area contributed by atoms with Gasteiger partial charge in [-0.3, -0.25) is 0 Å². The standard InChI is InChI=1S/C12H25N/c1-3-4-5-6-10-12(13-2)11-8-7-9-11/h11-13H,3-10H2,1-2H3. The summed E-state index contributed by atoms with van der Waals surface area (Å²) in [6, 6.07) is 0.825. The number of nitrogens with one attached hydrogen (secondary N) is 1. The highest BCUT2D eigenvalue weighted by Crippen LogP contribution is 2.31. The second kappa shape index (κ2) is 6.42. The third-order valence-corrected chi connectivity index (χ3v) is 3.46. The van der Waals surface area contributed by atoms with Gasteiger partial charge in [0, 0.05) is 6.04 Å². The Balaban J connectivity index is 2.02. The van der Waals surface area contributed by atoms with Gasteiger partial charge in [0.1, 0.15) is 0 Å². The lowest BCUT2D eigenvalue weighted by Crippen LogP contribution is -2.37. The maximum absolute atomic E-state index is 3.48. The highest BCUT2D eigenvalue weighted by molar-refractivity contribution is 4.81. The van der Waals surface area contributed by atoms with Crippen LogP contribution in [-0.4, -0.2) is 13.1 Å². The molecule has 1 rings (SSSR count). The Morgan fingerprint density at radius 3 is 2.46 bits per heavy atom. The van der Waals surface area contributed by atoms with Crippen LogP contribution in [0.2, 0.25) is 0 Å². The molecule has 1 atom stereocenters. The first-order valence-electron chi connectivity index (χ1n) is 6.05. The van der Waals surface area contributed by atoms with Gasteiger partial charge in [0.25, 0.3) is 0 Å². The number of unbranched alkanes of at least 4 members (excludes halogenated alkanes) is 3. The maximum atomic E-state index is 3.48. The van der Waals surface area contributed by atoms with Gasteiger partial charge >= 0.3 is 0 Å². The van der Waals surface area contributed by atoms with Crippen LogP contribution in [0.4, 0.5) is 0 Å². The van der Waals surface area contributed by atoms with Crippen LogP contribution >= 0.6 is 0 Å². The fourth-order valence-electron chi connectivity index (χ4n) is 2.25. The topological polar surface area (TPSA) is 12.0 Å². The van der Waals surface area contributed by atoms with Crippen molar-refractivity contribution in [3.8, 4) is 0 Å². The molecule has 1 N–H and O–H groups in total. The van der Waals surface area contributed by atoms with Gasteiger partial charge in [0.2, 0.25) is 0 Å². The maximum Gasteiger partial charge on any atom is 0.00923 e. The summed E-state index contributed by atoms with van der Waals surface area (Å²) in [5.41, 5.74) is 0. The molecule has 1 saturated carbocycles. The largest absolute Gasteiger partial charge is 0.317 e. The van der Waals surface area contributed by atoms with Crippen LogP contribution in [0.3, 0.4) is 0 Å². The molecule has 1 unspecified atom stereocenters. The summed E-state index contributed by atoms with van der Waals surface area (Å²) >= 11 is 0. The van der Waals surface area contributed by atoms with Crippen molar-refractivity contribution in [1.82, 2.24) is 5.32 Å². The van der Waals surface area contributed by atoms with E-state index in [9.17, 15) is 0 Å². The van der Waals surface area contributed by atoms with Gasteiger partial charge in [-0.2, -0.15) is 0 Å². The molecule has 1 aliphatic carbocycles. The third kappa shape index (κ3) is 3.68. The van der Waals surface area contributed by atoms with E-state index >= 15 is 0 Å². The van der Waals surface area contributed by atoms with E-state index < -0.39 is 0 Å². The fourth-order valence-corrected chi connectivity index (χ4v) is 2.25. The van der Waals surface area contributed by atoms with E-state index in [0.29, 0.717) is 0 Å². The molecule has 78 valence electrons. The quantitative estimate of drug-likeness (QED) is 0.597. The zero-order valence-corrected chi connectivity index (χ0v) is 9.31. The van der Waals surface area contributed by atoms with Crippen LogP contribution in [0, 0.1) is 5.92 Å². The average Bonchev–Trinajstić information content (AvgIpc) is 2.07. The molecule has 1 nitrogen and oxygen atoms in total. The van der Waals surface area contributed by atoms with Crippen LogP contribution in [0.15, 0.2) is 0 Å². The zero-order valence-electron chi connectivity index (χ0n) is 9.31. The first-order valence-corrected chi connectivity index (χ1v) is 6.05. The Morgan fingerprint density at radius 1 is 1.23 bits per heavy atom. The molecule has 0 spiro atoms. The van der Waals surface area contributed by atoms with Crippen molar-refractivity contribution in [2.75, 3.05) is 7.05 Å². The highest BCUT2D eigenvalue weighted by atomic mass is 14.9. The van der Waals surface area contributed by atoms with Crippen molar-refractivity contribution in [1.29, 1.82) is 0 Å². The smallest absolute Gasteiger partial charge is 0.00923 e. The summed E-state index contributed by atoms with van der Waals surface area (Å²) in [7, 11) is 2.13. The number of rotatable bonds is 7. The molecule has 0 aromatic rings. The van der Waals surface area contributed by atoms with Crippen LogP contribution < -0.4 is 5.32 Å². The minimum absolute atomic E-state index is 0.825. The molecule has 0 saturated heterocycles. The number of hydrogen-bond acceptors (Lipinski definition) is 1. The first-order chi connectivity index (χ1) is 6.38. The molecule has 0 aromatic heterocycles.